The third kappa shape index (κ3) is 4.49. The summed E-state index contributed by atoms with van der Waals surface area (Å²) < 4.78 is 0. The van der Waals surface area contributed by atoms with Crippen LogP contribution >= 0.6 is 11.6 Å². The molecule has 2 aromatic rings. The van der Waals surface area contributed by atoms with Gasteiger partial charge in [-0.05, 0) is 49.2 Å². The van der Waals surface area contributed by atoms with Crippen molar-refractivity contribution in [3.05, 3.63) is 58.9 Å². The Balaban J connectivity index is 1.70. The van der Waals surface area contributed by atoms with Crippen molar-refractivity contribution in [2.75, 3.05) is 5.32 Å². The van der Waals surface area contributed by atoms with E-state index in [1.807, 2.05) is 12.1 Å². The number of carbonyl (C=O) groups excluding carboxylic acids is 1. The molecule has 1 saturated carbocycles. The molecule has 6 heteroatoms. The van der Waals surface area contributed by atoms with Crippen molar-refractivity contribution < 1.29 is 4.79 Å². The summed E-state index contributed by atoms with van der Waals surface area (Å²) >= 11 is 5.86. The van der Waals surface area contributed by atoms with E-state index in [4.69, 9.17) is 16.9 Å². The first-order valence-electron chi connectivity index (χ1n) is 8.29. The van der Waals surface area contributed by atoms with Crippen LogP contribution in [-0.4, -0.2) is 16.6 Å². The number of pyridine rings is 1. The maximum Gasteiger partial charge on any atom is 0.319 e. The third-order valence-electron chi connectivity index (χ3n) is 4.48. The molecule has 128 valence electrons. The highest BCUT2D eigenvalue weighted by Gasteiger charge is 2.36. The normalized spacial score (nSPS) is 15.4. The number of carbonyl (C=O) groups is 1. The summed E-state index contributed by atoms with van der Waals surface area (Å²) in [7, 11) is 0. The molecule has 1 fully saturated rings. The number of nitrogens with zero attached hydrogens (tertiary/aromatic N) is 2. The minimum absolute atomic E-state index is 0.235. The van der Waals surface area contributed by atoms with Crippen molar-refractivity contribution in [3.8, 4) is 6.07 Å². The molecule has 2 N–H and O–H groups in total. The zero-order valence-corrected chi connectivity index (χ0v) is 14.5. The van der Waals surface area contributed by atoms with Crippen LogP contribution < -0.4 is 10.6 Å². The summed E-state index contributed by atoms with van der Waals surface area (Å²) in [5.41, 5.74) is 1.60. The molecule has 0 radical (unpaired) electrons. The van der Waals surface area contributed by atoms with Gasteiger partial charge in [-0.15, -0.1) is 0 Å². The molecule has 1 heterocycles. The molecule has 0 aliphatic heterocycles. The van der Waals surface area contributed by atoms with E-state index in [0.717, 1.165) is 31.4 Å². The van der Waals surface area contributed by atoms with Crippen molar-refractivity contribution in [2.45, 2.75) is 37.6 Å². The number of hydrogen-bond acceptors (Lipinski definition) is 3. The quantitative estimate of drug-likeness (QED) is 0.860. The summed E-state index contributed by atoms with van der Waals surface area (Å²) in [5, 5.41) is 15.6. The van der Waals surface area contributed by atoms with Crippen LogP contribution in [0.15, 0.2) is 42.5 Å². The van der Waals surface area contributed by atoms with Gasteiger partial charge in [-0.2, -0.15) is 5.26 Å². The first kappa shape index (κ1) is 17.2. The van der Waals surface area contributed by atoms with Gasteiger partial charge in [0, 0.05) is 28.4 Å². The number of rotatable bonds is 4. The van der Waals surface area contributed by atoms with Gasteiger partial charge in [-0.25, -0.2) is 9.78 Å². The van der Waals surface area contributed by atoms with Crippen LogP contribution in [0.25, 0.3) is 0 Å². The number of halogens is 1. The molecule has 25 heavy (non-hydrogen) atoms. The molecule has 0 atom stereocenters. The lowest BCUT2D eigenvalue weighted by Crippen LogP contribution is -2.49. The van der Waals surface area contributed by atoms with Gasteiger partial charge in [-0.1, -0.05) is 30.5 Å². The van der Waals surface area contributed by atoms with Gasteiger partial charge in [-0.3, -0.25) is 0 Å². The van der Waals surface area contributed by atoms with Gasteiger partial charge in [0.15, 0.2) is 0 Å². The lowest BCUT2D eigenvalue weighted by Gasteiger charge is -2.30. The Morgan fingerprint density at radius 1 is 1.20 bits per heavy atom. The minimum atomic E-state index is -0.322. The van der Waals surface area contributed by atoms with Gasteiger partial charge in [0.2, 0.25) is 0 Å². The lowest BCUT2D eigenvalue weighted by atomic mass is 9.91. The summed E-state index contributed by atoms with van der Waals surface area (Å²) in [5.74, 6) is 0. The average Bonchev–Trinajstić information content (AvgIpc) is 3.05. The van der Waals surface area contributed by atoms with Crippen LogP contribution in [-0.2, 0) is 6.42 Å². The summed E-state index contributed by atoms with van der Waals surface area (Å²) in [6, 6.07) is 14.2. The fourth-order valence-electron chi connectivity index (χ4n) is 3.32. The van der Waals surface area contributed by atoms with Crippen LogP contribution in [0.3, 0.4) is 0 Å². The topological polar surface area (TPSA) is 77.8 Å². The monoisotopic (exact) mass is 354 g/mol. The summed E-state index contributed by atoms with van der Waals surface area (Å²) in [6.07, 6.45) is 4.56. The Labute approximate surface area is 152 Å². The van der Waals surface area contributed by atoms with E-state index >= 15 is 0 Å². The molecule has 2 amide bonds. The first-order valence-corrected chi connectivity index (χ1v) is 8.67. The predicted octanol–water partition coefficient (Wildman–Crippen LogP) is 4.28. The maximum atomic E-state index is 12.4. The minimum Gasteiger partial charge on any atom is -0.332 e. The second kappa shape index (κ2) is 7.54. The van der Waals surface area contributed by atoms with Crippen molar-refractivity contribution in [3.63, 3.8) is 0 Å². The Hall–Kier alpha value is -2.58. The molecule has 1 aromatic heterocycles. The van der Waals surface area contributed by atoms with E-state index in [-0.39, 0.29) is 11.6 Å². The number of nitriles is 1. The fraction of sp³-hybridized carbons (Fsp3) is 0.316. The molecule has 1 aromatic carbocycles. The standard InChI is InChI=1S/C19H19ClN4O/c20-14-6-8-15(9-7-14)23-18(25)24-19(10-1-2-11-19)12-16-4-3-5-17(13-21)22-16/h3-9H,1-2,10-12H2,(H2,23,24,25). The predicted molar refractivity (Wildman–Crippen MR) is 97.5 cm³/mol. The van der Waals surface area contributed by atoms with Crippen LogP contribution in [0.5, 0.6) is 0 Å². The van der Waals surface area contributed by atoms with Gasteiger partial charge >= 0.3 is 6.03 Å². The van der Waals surface area contributed by atoms with Crippen LogP contribution in [0, 0.1) is 11.3 Å². The molecule has 0 bridgehead atoms. The molecular weight excluding hydrogens is 336 g/mol. The molecule has 0 spiro atoms. The van der Waals surface area contributed by atoms with Crippen LogP contribution in [0.1, 0.15) is 37.1 Å². The molecule has 5 nitrogen and oxygen atoms in total. The van der Waals surface area contributed by atoms with Crippen LogP contribution in [0.4, 0.5) is 10.5 Å². The Morgan fingerprint density at radius 2 is 1.92 bits per heavy atom. The first-order chi connectivity index (χ1) is 12.1. The van der Waals surface area contributed by atoms with Crippen molar-refractivity contribution in [1.82, 2.24) is 10.3 Å². The molecule has 1 aliphatic rings. The Kier molecular flexibility index (Phi) is 5.20. The van der Waals surface area contributed by atoms with Gasteiger partial charge in [0.05, 0.1) is 0 Å². The van der Waals surface area contributed by atoms with E-state index in [1.165, 1.54) is 0 Å². The fourth-order valence-corrected chi connectivity index (χ4v) is 3.45. The summed E-state index contributed by atoms with van der Waals surface area (Å²) in [6.45, 7) is 0. The Morgan fingerprint density at radius 3 is 2.60 bits per heavy atom. The van der Waals surface area contributed by atoms with E-state index in [2.05, 4.69) is 21.7 Å². The molecule has 0 unspecified atom stereocenters. The number of amides is 2. The molecule has 1 aliphatic carbocycles. The summed E-state index contributed by atoms with van der Waals surface area (Å²) in [4.78, 5) is 16.8. The second-order valence-electron chi connectivity index (χ2n) is 6.38. The maximum absolute atomic E-state index is 12.4. The smallest absolute Gasteiger partial charge is 0.319 e. The Bertz CT molecular complexity index is 792. The van der Waals surface area contributed by atoms with Crippen molar-refractivity contribution in [1.29, 1.82) is 5.26 Å². The highest BCUT2D eigenvalue weighted by molar-refractivity contribution is 6.30. The number of benzene rings is 1. The van der Waals surface area contributed by atoms with Gasteiger partial charge in [0.25, 0.3) is 0 Å². The van der Waals surface area contributed by atoms with Crippen molar-refractivity contribution in [2.24, 2.45) is 0 Å². The van der Waals surface area contributed by atoms with E-state index in [1.54, 1.807) is 30.3 Å². The third-order valence-corrected chi connectivity index (χ3v) is 4.73. The van der Waals surface area contributed by atoms with E-state index in [9.17, 15) is 4.79 Å². The second-order valence-corrected chi connectivity index (χ2v) is 6.81. The molecular formula is C19H19ClN4O. The zero-order chi connectivity index (χ0) is 17.7. The highest BCUT2D eigenvalue weighted by Crippen LogP contribution is 2.32. The average molecular weight is 355 g/mol. The largest absolute Gasteiger partial charge is 0.332 e. The lowest BCUT2D eigenvalue weighted by molar-refractivity contribution is 0.235. The van der Waals surface area contributed by atoms with Crippen molar-refractivity contribution >= 4 is 23.3 Å². The van der Waals surface area contributed by atoms with Gasteiger partial charge in [0.1, 0.15) is 11.8 Å². The SMILES string of the molecule is N#Cc1cccc(CC2(NC(=O)Nc3ccc(Cl)cc3)CCCC2)n1. The highest BCUT2D eigenvalue weighted by atomic mass is 35.5. The number of urea groups is 1. The number of hydrogen-bond donors (Lipinski definition) is 2. The molecule has 0 saturated heterocycles. The number of aromatic nitrogens is 1. The zero-order valence-electron chi connectivity index (χ0n) is 13.8. The van der Waals surface area contributed by atoms with E-state index < -0.39 is 0 Å². The molecule has 3 rings (SSSR count). The van der Waals surface area contributed by atoms with Gasteiger partial charge < -0.3 is 10.6 Å². The number of nitrogens with one attached hydrogen (secondary N) is 2. The van der Waals surface area contributed by atoms with E-state index in [0.29, 0.717) is 22.8 Å². The van der Waals surface area contributed by atoms with Crippen LogP contribution in [0.2, 0.25) is 5.02 Å². The number of anilines is 1.